The lowest BCUT2D eigenvalue weighted by atomic mass is 10.0. The molecule has 4 heteroatoms. The summed E-state index contributed by atoms with van der Waals surface area (Å²) in [5, 5.41) is 2.82. The number of carbonyl (C=O) groups is 1. The van der Waals surface area contributed by atoms with Gasteiger partial charge in [0.1, 0.15) is 0 Å². The molecule has 2 rings (SSSR count). The lowest BCUT2D eigenvalue weighted by molar-refractivity contribution is -0.122. The summed E-state index contributed by atoms with van der Waals surface area (Å²) in [4.78, 5) is 11.5. The fourth-order valence-corrected chi connectivity index (χ4v) is 1.93. The van der Waals surface area contributed by atoms with E-state index in [2.05, 4.69) is 12.2 Å². The highest BCUT2D eigenvalue weighted by molar-refractivity contribution is 5.99. The number of fused-ring (bicyclic) bond motifs is 1. The van der Waals surface area contributed by atoms with Crippen LogP contribution in [0.4, 0.5) is 11.4 Å². The number of ether oxygens (including phenoxy) is 1. The molecule has 92 valence electrons. The van der Waals surface area contributed by atoms with Gasteiger partial charge in [0.05, 0.1) is 11.4 Å². The van der Waals surface area contributed by atoms with Crippen molar-refractivity contribution >= 4 is 17.3 Å². The number of nitrogen functional groups attached to an aromatic ring is 1. The Hall–Kier alpha value is -1.71. The number of nitrogens with two attached hydrogens (primary N) is 1. The highest BCUT2D eigenvalue weighted by Crippen LogP contribution is 2.36. The summed E-state index contributed by atoms with van der Waals surface area (Å²) >= 11 is 0. The van der Waals surface area contributed by atoms with Crippen LogP contribution in [0.2, 0.25) is 0 Å². The molecule has 1 unspecified atom stereocenters. The van der Waals surface area contributed by atoms with E-state index in [1.165, 1.54) is 0 Å². The van der Waals surface area contributed by atoms with Crippen LogP contribution >= 0.6 is 0 Å². The zero-order valence-electron chi connectivity index (χ0n) is 10.2. The Bertz CT molecular complexity index is 443. The first kappa shape index (κ1) is 11.8. The normalized spacial score (nSPS) is 18.2. The van der Waals surface area contributed by atoms with Crippen LogP contribution in [0.3, 0.4) is 0 Å². The zero-order valence-corrected chi connectivity index (χ0v) is 10.2. The van der Waals surface area contributed by atoms with E-state index in [-0.39, 0.29) is 5.91 Å². The first-order chi connectivity index (χ1) is 8.11. The average molecular weight is 234 g/mol. The Morgan fingerprint density at radius 1 is 1.47 bits per heavy atom. The number of unbranched alkanes of at least 4 members (excludes halogenated alkanes) is 1. The molecule has 0 aliphatic carbocycles. The van der Waals surface area contributed by atoms with Gasteiger partial charge < -0.3 is 15.8 Å². The number of rotatable bonds is 3. The van der Waals surface area contributed by atoms with E-state index in [1.54, 1.807) is 6.92 Å². The molecule has 0 radical (unpaired) electrons. The van der Waals surface area contributed by atoms with E-state index in [0.29, 0.717) is 17.1 Å². The van der Waals surface area contributed by atoms with Gasteiger partial charge in [0, 0.05) is 0 Å². The Balaban J connectivity index is 2.30. The van der Waals surface area contributed by atoms with Crippen molar-refractivity contribution in [3.63, 3.8) is 0 Å². The molecular weight excluding hydrogens is 216 g/mol. The maximum atomic E-state index is 11.5. The third-order valence-corrected chi connectivity index (χ3v) is 2.92. The Morgan fingerprint density at radius 2 is 2.24 bits per heavy atom. The van der Waals surface area contributed by atoms with E-state index < -0.39 is 6.10 Å². The molecule has 17 heavy (non-hydrogen) atoms. The van der Waals surface area contributed by atoms with E-state index in [9.17, 15) is 4.79 Å². The summed E-state index contributed by atoms with van der Waals surface area (Å²) in [6.45, 7) is 3.86. The van der Waals surface area contributed by atoms with Crippen molar-refractivity contribution in [3.05, 3.63) is 17.7 Å². The van der Waals surface area contributed by atoms with Gasteiger partial charge in [0.15, 0.2) is 11.9 Å². The second-order valence-electron chi connectivity index (χ2n) is 4.41. The molecule has 1 amide bonds. The predicted molar refractivity (Wildman–Crippen MR) is 68.2 cm³/mol. The van der Waals surface area contributed by atoms with Crippen molar-refractivity contribution in [1.82, 2.24) is 0 Å². The van der Waals surface area contributed by atoms with Crippen LogP contribution in [0, 0.1) is 0 Å². The van der Waals surface area contributed by atoms with Crippen LogP contribution in [0.15, 0.2) is 12.1 Å². The summed E-state index contributed by atoms with van der Waals surface area (Å²) in [6, 6.07) is 3.88. The minimum atomic E-state index is -0.480. The zero-order chi connectivity index (χ0) is 12.4. The van der Waals surface area contributed by atoms with Gasteiger partial charge in [-0.15, -0.1) is 0 Å². The Kier molecular flexibility index (Phi) is 3.22. The summed E-state index contributed by atoms with van der Waals surface area (Å²) in [5.41, 5.74) is 8.38. The van der Waals surface area contributed by atoms with Gasteiger partial charge in [-0.1, -0.05) is 13.3 Å². The second-order valence-corrected chi connectivity index (χ2v) is 4.41. The monoisotopic (exact) mass is 234 g/mol. The van der Waals surface area contributed by atoms with Crippen molar-refractivity contribution < 1.29 is 9.53 Å². The summed E-state index contributed by atoms with van der Waals surface area (Å²) < 4.78 is 5.50. The van der Waals surface area contributed by atoms with Crippen molar-refractivity contribution in [3.8, 4) is 5.75 Å². The molecule has 1 atom stereocenters. The van der Waals surface area contributed by atoms with Crippen LogP contribution in [-0.4, -0.2) is 12.0 Å². The number of amides is 1. The fraction of sp³-hybridized carbons (Fsp3) is 0.462. The topological polar surface area (TPSA) is 64.3 Å². The van der Waals surface area contributed by atoms with Gasteiger partial charge in [-0.2, -0.15) is 0 Å². The van der Waals surface area contributed by atoms with Gasteiger partial charge in [-0.05, 0) is 37.5 Å². The number of hydrogen-bond acceptors (Lipinski definition) is 3. The maximum Gasteiger partial charge on any atom is 0.265 e. The highest BCUT2D eigenvalue weighted by atomic mass is 16.5. The van der Waals surface area contributed by atoms with Gasteiger partial charge in [-0.25, -0.2) is 0 Å². The summed E-state index contributed by atoms with van der Waals surface area (Å²) in [7, 11) is 0. The van der Waals surface area contributed by atoms with Crippen molar-refractivity contribution in [2.75, 3.05) is 11.1 Å². The summed E-state index contributed by atoms with van der Waals surface area (Å²) in [6.07, 6.45) is 2.74. The molecule has 1 aromatic rings. The van der Waals surface area contributed by atoms with Gasteiger partial charge >= 0.3 is 0 Å². The lowest BCUT2D eigenvalue weighted by Gasteiger charge is -2.25. The summed E-state index contributed by atoms with van der Waals surface area (Å²) in [5.74, 6) is 0.474. The molecule has 3 N–H and O–H groups in total. The Morgan fingerprint density at radius 3 is 2.94 bits per heavy atom. The molecule has 1 aromatic carbocycles. The number of benzene rings is 1. The third kappa shape index (κ3) is 2.35. The molecular formula is C13H18N2O2. The van der Waals surface area contributed by atoms with Crippen LogP contribution in [0.1, 0.15) is 32.3 Å². The smallest absolute Gasteiger partial charge is 0.265 e. The first-order valence-corrected chi connectivity index (χ1v) is 6.01. The van der Waals surface area contributed by atoms with Crippen molar-refractivity contribution in [2.45, 2.75) is 39.2 Å². The minimum absolute atomic E-state index is 0.121. The van der Waals surface area contributed by atoms with Gasteiger partial charge in [-0.3, -0.25) is 4.79 Å². The van der Waals surface area contributed by atoms with Crippen molar-refractivity contribution in [1.29, 1.82) is 0 Å². The lowest BCUT2D eigenvalue weighted by Crippen LogP contribution is -2.34. The third-order valence-electron chi connectivity index (χ3n) is 2.92. The number of nitrogens with one attached hydrogen (secondary N) is 1. The van der Waals surface area contributed by atoms with E-state index >= 15 is 0 Å². The molecule has 0 spiro atoms. The molecule has 4 nitrogen and oxygen atoms in total. The molecule has 0 saturated carbocycles. The molecule has 0 bridgehead atoms. The largest absolute Gasteiger partial charge is 0.477 e. The van der Waals surface area contributed by atoms with E-state index in [1.807, 2.05) is 12.1 Å². The van der Waals surface area contributed by atoms with E-state index in [0.717, 1.165) is 24.8 Å². The Labute approximate surface area is 101 Å². The molecule has 1 heterocycles. The molecule has 0 fully saturated rings. The molecule has 1 aliphatic rings. The van der Waals surface area contributed by atoms with Gasteiger partial charge in [0.2, 0.25) is 0 Å². The molecule has 1 aliphatic heterocycles. The quantitative estimate of drug-likeness (QED) is 0.789. The average Bonchev–Trinajstić information content (AvgIpc) is 2.29. The van der Waals surface area contributed by atoms with Crippen molar-refractivity contribution in [2.24, 2.45) is 0 Å². The van der Waals surface area contributed by atoms with Gasteiger partial charge in [0.25, 0.3) is 5.91 Å². The van der Waals surface area contributed by atoms with Crippen LogP contribution in [0.5, 0.6) is 5.75 Å². The second kappa shape index (κ2) is 4.65. The van der Waals surface area contributed by atoms with Crippen LogP contribution < -0.4 is 15.8 Å². The highest BCUT2D eigenvalue weighted by Gasteiger charge is 2.25. The molecule has 0 saturated heterocycles. The number of hydrogen-bond donors (Lipinski definition) is 2. The SMILES string of the molecule is CCCCc1cc(N)c2c(c1)NC(=O)C(C)O2. The predicted octanol–water partition coefficient (Wildman–Crippen LogP) is 2.33. The molecule has 0 aromatic heterocycles. The first-order valence-electron chi connectivity index (χ1n) is 6.01. The van der Waals surface area contributed by atoms with E-state index in [4.69, 9.17) is 10.5 Å². The number of anilines is 2. The number of carbonyl (C=O) groups excluding carboxylic acids is 1. The van der Waals surface area contributed by atoms with Crippen LogP contribution in [0.25, 0.3) is 0 Å². The number of aryl methyl sites for hydroxylation is 1. The maximum absolute atomic E-state index is 11.5. The minimum Gasteiger partial charge on any atom is -0.477 e. The fourth-order valence-electron chi connectivity index (χ4n) is 1.93. The van der Waals surface area contributed by atoms with Crippen LogP contribution in [-0.2, 0) is 11.2 Å². The standard InChI is InChI=1S/C13H18N2O2/c1-3-4-5-9-6-10(14)12-11(7-9)15-13(16)8(2)17-12/h6-8H,3-5,14H2,1-2H3,(H,15,16).